The van der Waals surface area contributed by atoms with Gasteiger partial charge in [0.05, 0.1) is 24.6 Å². The van der Waals surface area contributed by atoms with E-state index in [1.807, 2.05) is 62.4 Å². The van der Waals surface area contributed by atoms with Gasteiger partial charge >= 0.3 is 0 Å². The van der Waals surface area contributed by atoms with Crippen molar-refractivity contribution in [1.29, 1.82) is 0 Å². The molecule has 6 nitrogen and oxygen atoms in total. The Hall–Kier alpha value is -3.28. The van der Waals surface area contributed by atoms with Gasteiger partial charge in [-0.15, -0.1) is 0 Å². The molecule has 26 heavy (non-hydrogen) atoms. The maximum atomic E-state index is 5.84. The van der Waals surface area contributed by atoms with Crippen molar-refractivity contribution in [3.05, 3.63) is 60.8 Å². The van der Waals surface area contributed by atoms with Crippen LogP contribution in [0.3, 0.4) is 0 Å². The molecule has 0 atom stereocenters. The lowest BCUT2D eigenvalue weighted by Crippen LogP contribution is -2.08. The fourth-order valence-electron chi connectivity index (χ4n) is 2.42. The molecule has 0 amide bonds. The molecule has 1 aromatic heterocycles. The number of hydrogen-bond donors (Lipinski definition) is 2. The minimum Gasteiger partial charge on any atom is -0.495 e. The Morgan fingerprint density at radius 1 is 0.846 bits per heavy atom. The lowest BCUT2D eigenvalue weighted by atomic mass is 10.3. The molecule has 0 aliphatic carbocycles. The number of hydrogen-bond acceptors (Lipinski definition) is 6. The van der Waals surface area contributed by atoms with Crippen LogP contribution in [0.1, 0.15) is 13.8 Å². The number of ether oxygens (including phenoxy) is 2. The van der Waals surface area contributed by atoms with Crippen molar-refractivity contribution < 1.29 is 9.47 Å². The molecule has 0 bridgehead atoms. The Labute approximate surface area is 153 Å². The molecule has 2 N–H and O–H groups in total. The van der Waals surface area contributed by atoms with E-state index in [4.69, 9.17) is 9.47 Å². The third-order valence-electron chi connectivity index (χ3n) is 3.52. The van der Waals surface area contributed by atoms with E-state index in [9.17, 15) is 0 Å². The van der Waals surface area contributed by atoms with Gasteiger partial charge in [0.1, 0.15) is 17.3 Å². The van der Waals surface area contributed by atoms with Gasteiger partial charge in [-0.2, -0.15) is 4.98 Å². The first-order chi connectivity index (χ1) is 12.7. The molecule has 0 aliphatic heterocycles. The fourth-order valence-corrected chi connectivity index (χ4v) is 2.42. The van der Waals surface area contributed by atoms with Crippen LogP contribution in [0.2, 0.25) is 0 Å². The molecule has 0 aliphatic rings. The van der Waals surface area contributed by atoms with Crippen molar-refractivity contribution in [1.82, 2.24) is 9.97 Å². The first kappa shape index (κ1) is 17.5. The van der Waals surface area contributed by atoms with Crippen molar-refractivity contribution in [2.75, 3.05) is 17.7 Å². The number of rotatable bonds is 7. The van der Waals surface area contributed by atoms with E-state index in [0.29, 0.717) is 11.8 Å². The van der Waals surface area contributed by atoms with Gasteiger partial charge in [-0.25, -0.2) is 4.98 Å². The summed E-state index contributed by atoms with van der Waals surface area (Å²) >= 11 is 0. The van der Waals surface area contributed by atoms with E-state index in [-0.39, 0.29) is 6.10 Å². The van der Waals surface area contributed by atoms with Crippen LogP contribution >= 0.6 is 0 Å². The number of benzene rings is 2. The summed E-state index contributed by atoms with van der Waals surface area (Å²) in [5, 5.41) is 6.46. The molecule has 134 valence electrons. The highest BCUT2D eigenvalue weighted by Crippen LogP contribution is 2.29. The lowest BCUT2D eigenvalue weighted by Gasteiger charge is -2.15. The SMILES string of the molecule is COc1ccccc1Nc1nccc(Nc2ccccc2OC(C)C)n1. The summed E-state index contributed by atoms with van der Waals surface area (Å²) < 4.78 is 11.2. The van der Waals surface area contributed by atoms with Gasteiger partial charge in [0.15, 0.2) is 0 Å². The highest BCUT2D eigenvalue weighted by molar-refractivity contribution is 5.66. The molecule has 0 saturated heterocycles. The summed E-state index contributed by atoms with van der Waals surface area (Å²) in [5.74, 6) is 2.64. The number of para-hydroxylation sites is 4. The van der Waals surface area contributed by atoms with Crippen LogP contribution in [-0.2, 0) is 0 Å². The van der Waals surface area contributed by atoms with Crippen molar-refractivity contribution in [3.8, 4) is 11.5 Å². The second-order valence-corrected chi connectivity index (χ2v) is 5.88. The molecule has 0 unspecified atom stereocenters. The zero-order valence-corrected chi connectivity index (χ0v) is 15.1. The van der Waals surface area contributed by atoms with Crippen molar-refractivity contribution >= 4 is 23.1 Å². The summed E-state index contributed by atoms with van der Waals surface area (Å²) in [6.07, 6.45) is 1.78. The number of nitrogens with one attached hydrogen (secondary N) is 2. The highest BCUT2D eigenvalue weighted by Gasteiger charge is 2.08. The summed E-state index contributed by atoms with van der Waals surface area (Å²) in [5.41, 5.74) is 1.65. The Balaban J connectivity index is 1.80. The molecule has 1 heterocycles. The molecule has 3 rings (SSSR count). The molecule has 0 saturated carbocycles. The van der Waals surface area contributed by atoms with E-state index in [2.05, 4.69) is 20.6 Å². The first-order valence-corrected chi connectivity index (χ1v) is 8.41. The summed E-state index contributed by atoms with van der Waals surface area (Å²) in [7, 11) is 1.63. The van der Waals surface area contributed by atoms with E-state index in [1.54, 1.807) is 19.4 Å². The van der Waals surface area contributed by atoms with Crippen LogP contribution in [0.5, 0.6) is 11.5 Å². The van der Waals surface area contributed by atoms with Gasteiger partial charge in [-0.05, 0) is 44.2 Å². The van der Waals surface area contributed by atoms with Crippen molar-refractivity contribution in [3.63, 3.8) is 0 Å². The van der Waals surface area contributed by atoms with Crippen LogP contribution in [0.4, 0.5) is 23.1 Å². The quantitative estimate of drug-likeness (QED) is 0.640. The smallest absolute Gasteiger partial charge is 0.229 e. The molecule has 6 heteroatoms. The average Bonchev–Trinajstić information content (AvgIpc) is 2.64. The largest absolute Gasteiger partial charge is 0.495 e. The summed E-state index contributed by atoms with van der Waals surface area (Å²) in [6.45, 7) is 3.99. The fraction of sp³-hybridized carbons (Fsp3) is 0.200. The Bertz CT molecular complexity index is 868. The van der Waals surface area contributed by atoms with E-state index in [0.717, 1.165) is 22.9 Å². The van der Waals surface area contributed by atoms with Gasteiger partial charge in [0.2, 0.25) is 5.95 Å². The third kappa shape index (κ3) is 4.42. The lowest BCUT2D eigenvalue weighted by molar-refractivity contribution is 0.244. The van der Waals surface area contributed by atoms with Gasteiger partial charge in [0, 0.05) is 6.20 Å². The number of aromatic nitrogens is 2. The number of nitrogens with zero attached hydrogens (tertiary/aromatic N) is 2. The molecule has 0 radical (unpaired) electrons. The second kappa shape index (κ2) is 8.20. The molecule has 0 spiro atoms. The van der Waals surface area contributed by atoms with E-state index < -0.39 is 0 Å². The van der Waals surface area contributed by atoms with Crippen molar-refractivity contribution in [2.24, 2.45) is 0 Å². The second-order valence-electron chi connectivity index (χ2n) is 5.88. The molecular weight excluding hydrogens is 328 g/mol. The van der Waals surface area contributed by atoms with Crippen LogP contribution in [0.25, 0.3) is 0 Å². The highest BCUT2D eigenvalue weighted by atomic mass is 16.5. The normalized spacial score (nSPS) is 10.5. The van der Waals surface area contributed by atoms with Gasteiger partial charge in [-0.1, -0.05) is 24.3 Å². The predicted molar refractivity (Wildman–Crippen MR) is 104 cm³/mol. The zero-order valence-electron chi connectivity index (χ0n) is 15.1. The minimum absolute atomic E-state index is 0.0890. The van der Waals surface area contributed by atoms with Crippen molar-refractivity contribution in [2.45, 2.75) is 20.0 Å². The maximum absolute atomic E-state index is 5.84. The Morgan fingerprint density at radius 3 is 2.19 bits per heavy atom. The van der Waals surface area contributed by atoms with Gasteiger partial charge in [0.25, 0.3) is 0 Å². The standard InChI is InChI=1S/C20H22N4O2/c1-14(2)26-18-11-7-5-9-16(18)22-19-12-13-21-20(24-19)23-15-8-4-6-10-17(15)25-3/h4-14H,1-3H3,(H2,21,22,23,24). The number of methoxy groups -OCH3 is 1. The predicted octanol–water partition coefficient (Wildman–Crippen LogP) is 4.76. The van der Waals surface area contributed by atoms with E-state index in [1.165, 1.54) is 0 Å². The average molecular weight is 350 g/mol. The Kier molecular flexibility index (Phi) is 5.53. The first-order valence-electron chi connectivity index (χ1n) is 8.41. The van der Waals surface area contributed by atoms with Crippen LogP contribution in [-0.4, -0.2) is 23.2 Å². The third-order valence-corrected chi connectivity index (χ3v) is 3.52. The zero-order chi connectivity index (χ0) is 18.4. The van der Waals surface area contributed by atoms with Crippen LogP contribution < -0.4 is 20.1 Å². The monoisotopic (exact) mass is 350 g/mol. The van der Waals surface area contributed by atoms with E-state index >= 15 is 0 Å². The molecule has 2 aromatic carbocycles. The summed E-state index contributed by atoms with van der Waals surface area (Å²) in [4.78, 5) is 8.79. The van der Waals surface area contributed by atoms with Gasteiger partial charge in [-0.3, -0.25) is 0 Å². The maximum Gasteiger partial charge on any atom is 0.229 e. The summed E-state index contributed by atoms with van der Waals surface area (Å²) in [6, 6.07) is 17.2. The molecule has 3 aromatic rings. The Morgan fingerprint density at radius 2 is 1.50 bits per heavy atom. The molecular formula is C20H22N4O2. The molecule has 0 fully saturated rings. The van der Waals surface area contributed by atoms with Gasteiger partial charge < -0.3 is 20.1 Å². The van der Waals surface area contributed by atoms with Crippen LogP contribution in [0, 0.1) is 0 Å². The number of anilines is 4. The topological polar surface area (TPSA) is 68.3 Å². The van der Waals surface area contributed by atoms with Crippen LogP contribution in [0.15, 0.2) is 60.8 Å². The minimum atomic E-state index is 0.0890.